The smallest absolute Gasteiger partial charge is 0.310 e. The molecule has 1 N–H and O–H groups in total. The molecule has 4 nitrogen and oxygen atoms in total. The number of carboxylic acid groups (broad SMARTS) is 1. The predicted molar refractivity (Wildman–Crippen MR) is 70.2 cm³/mol. The van der Waals surface area contributed by atoms with Crippen LogP contribution in [-0.2, 0) is 9.59 Å². The van der Waals surface area contributed by atoms with Gasteiger partial charge in [-0.2, -0.15) is 0 Å². The molecule has 1 rings (SSSR count). The van der Waals surface area contributed by atoms with Gasteiger partial charge in [-0.15, -0.1) is 0 Å². The zero-order valence-corrected chi connectivity index (χ0v) is 11.9. The van der Waals surface area contributed by atoms with Crippen LogP contribution in [0, 0.1) is 11.3 Å². The number of hydrogen-bond donors (Lipinski definition) is 1. The first-order chi connectivity index (χ1) is 8.38. The van der Waals surface area contributed by atoms with Crippen LogP contribution in [0.5, 0.6) is 0 Å². The van der Waals surface area contributed by atoms with Gasteiger partial charge < -0.3 is 10.0 Å². The first kappa shape index (κ1) is 15.0. The third-order valence-electron chi connectivity index (χ3n) is 4.61. The van der Waals surface area contributed by atoms with Crippen LogP contribution in [0.15, 0.2) is 0 Å². The van der Waals surface area contributed by atoms with Gasteiger partial charge in [-0.3, -0.25) is 9.59 Å². The van der Waals surface area contributed by atoms with E-state index in [2.05, 4.69) is 6.92 Å². The van der Waals surface area contributed by atoms with E-state index < -0.39 is 11.4 Å². The Kier molecular flexibility index (Phi) is 4.77. The van der Waals surface area contributed by atoms with Gasteiger partial charge in [-0.25, -0.2) is 0 Å². The number of carboxylic acids is 1. The highest BCUT2D eigenvalue weighted by atomic mass is 16.4. The van der Waals surface area contributed by atoms with Crippen LogP contribution in [0.3, 0.4) is 0 Å². The van der Waals surface area contributed by atoms with Crippen LogP contribution >= 0.6 is 0 Å². The highest BCUT2D eigenvalue weighted by Crippen LogP contribution is 2.36. The second-order valence-corrected chi connectivity index (χ2v) is 5.55. The van der Waals surface area contributed by atoms with E-state index in [4.69, 9.17) is 0 Å². The molecule has 0 aromatic rings. The van der Waals surface area contributed by atoms with E-state index >= 15 is 0 Å². The van der Waals surface area contributed by atoms with Crippen molar-refractivity contribution in [2.45, 2.75) is 58.9 Å². The zero-order chi connectivity index (χ0) is 13.9. The quantitative estimate of drug-likeness (QED) is 0.760. The molecule has 0 aromatic carbocycles. The first-order valence-corrected chi connectivity index (χ1v) is 6.87. The minimum Gasteiger partial charge on any atom is -0.481 e. The third kappa shape index (κ3) is 3.03. The second-order valence-electron chi connectivity index (χ2n) is 5.55. The molecule has 0 aromatic heterocycles. The Morgan fingerprint density at radius 1 is 1.33 bits per heavy atom. The van der Waals surface area contributed by atoms with Crippen LogP contribution in [-0.4, -0.2) is 35.0 Å². The van der Waals surface area contributed by atoms with Crippen molar-refractivity contribution in [1.29, 1.82) is 0 Å². The number of aliphatic carboxylic acids is 1. The van der Waals surface area contributed by atoms with E-state index in [1.807, 2.05) is 13.8 Å². The van der Waals surface area contributed by atoms with Gasteiger partial charge in [-0.05, 0) is 38.5 Å². The number of carbonyl (C=O) groups excluding carboxylic acids is 1. The summed E-state index contributed by atoms with van der Waals surface area (Å²) in [6, 6.07) is 0.234. The van der Waals surface area contributed by atoms with Crippen molar-refractivity contribution in [2.24, 2.45) is 11.3 Å². The summed E-state index contributed by atoms with van der Waals surface area (Å²) in [5, 5.41) is 9.34. The largest absolute Gasteiger partial charge is 0.481 e. The number of hydrogen-bond acceptors (Lipinski definition) is 2. The zero-order valence-electron chi connectivity index (χ0n) is 11.9. The summed E-state index contributed by atoms with van der Waals surface area (Å²) in [6.07, 6.45) is 3.48. The van der Waals surface area contributed by atoms with Gasteiger partial charge in [0.25, 0.3) is 0 Å². The van der Waals surface area contributed by atoms with Crippen molar-refractivity contribution in [2.75, 3.05) is 7.05 Å². The Balaban J connectivity index is 2.68. The van der Waals surface area contributed by atoms with E-state index in [1.54, 1.807) is 11.9 Å². The van der Waals surface area contributed by atoms with Gasteiger partial charge in [0.1, 0.15) is 0 Å². The SMILES string of the molecule is CCC(CC)(CC(=O)N(C)C(C)C1CC1)C(=O)O. The first-order valence-electron chi connectivity index (χ1n) is 6.87. The Labute approximate surface area is 109 Å². The lowest BCUT2D eigenvalue weighted by Crippen LogP contribution is -2.41. The third-order valence-corrected chi connectivity index (χ3v) is 4.61. The maximum Gasteiger partial charge on any atom is 0.310 e. The summed E-state index contributed by atoms with van der Waals surface area (Å²) < 4.78 is 0. The Hall–Kier alpha value is -1.06. The lowest BCUT2D eigenvalue weighted by molar-refractivity contribution is -0.154. The van der Waals surface area contributed by atoms with Crippen molar-refractivity contribution >= 4 is 11.9 Å². The summed E-state index contributed by atoms with van der Waals surface area (Å²) in [7, 11) is 1.79. The number of nitrogens with zero attached hydrogens (tertiary/aromatic N) is 1. The fourth-order valence-corrected chi connectivity index (χ4v) is 2.41. The van der Waals surface area contributed by atoms with E-state index in [-0.39, 0.29) is 18.4 Å². The average Bonchev–Trinajstić information content (AvgIpc) is 3.17. The van der Waals surface area contributed by atoms with E-state index in [0.29, 0.717) is 18.8 Å². The van der Waals surface area contributed by atoms with Crippen LogP contribution in [0.2, 0.25) is 0 Å². The van der Waals surface area contributed by atoms with Crippen LogP contribution in [0.25, 0.3) is 0 Å². The molecular weight excluding hydrogens is 230 g/mol. The molecule has 4 heteroatoms. The normalized spacial score (nSPS) is 17.3. The van der Waals surface area contributed by atoms with E-state index in [0.717, 1.165) is 0 Å². The summed E-state index contributed by atoms with van der Waals surface area (Å²) in [5.74, 6) is -0.282. The molecule has 1 amide bonds. The molecule has 1 aliphatic rings. The topological polar surface area (TPSA) is 57.6 Å². The van der Waals surface area contributed by atoms with E-state index in [9.17, 15) is 14.7 Å². The maximum atomic E-state index is 12.2. The van der Waals surface area contributed by atoms with Crippen molar-refractivity contribution in [1.82, 2.24) is 4.90 Å². The van der Waals surface area contributed by atoms with E-state index in [1.165, 1.54) is 12.8 Å². The molecule has 0 heterocycles. The highest BCUT2D eigenvalue weighted by molar-refractivity contribution is 5.85. The molecule has 1 unspecified atom stereocenters. The Morgan fingerprint density at radius 2 is 1.83 bits per heavy atom. The van der Waals surface area contributed by atoms with Crippen molar-refractivity contribution in [3.8, 4) is 0 Å². The van der Waals surface area contributed by atoms with Crippen molar-refractivity contribution in [3.05, 3.63) is 0 Å². The molecule has 1 saturated carbocycles. The second kappa shape index (κ2) is 5.72. The lowest BCUT2D eigenvalue weighted by Gasteiger charge is -2.31. The van der Waals surface area contributed by atoms with Gasteiger partial charge in [0.05, 0.1) is 5.41 Å². The minimum atomic E-state index is -0.894. The van der Waals surface area contributed by atoms with Gasteiger partial charge >= 0.3 is 5.97 Å². The minimum absolute atomic E-state index is 0.0412. The van der Waals surface area contributed by atoms with Crippen LogP contribution < -0.4 is 0 Å². The maximum absolute atomic E-state index is 12.2. The molecule has 0 radical (unpaired) electrons. The monoisotopic (exact) mass is 255 g/mol. The van der Waals surface area contributed by atoms with Gasteiger partial charge in [0.2, 0.25) is 5.91 Å². The van der Waals surface area contributed by atoms with Gasteiger partial charge in [-0.1, -0.05) is 13.8 Å². The van der Waals surface area contributed by atoms with Crippen molar-refractivity contribution in [3.63, 3.8) is 0 Å². The molecule has 1 aliphatic carbocycles. The fourth-order valence-electron chi connectivity index (χ4n) is 2.41. The molecule has 0 spiro atoms. The number of amides is 1. The predicted octanol–water partition coefficient (Wildman–Crippen LogP) is 2.52. The fraction of sp³-hybridized carbons (Fsp3) is 0.857. The molecule has 0 bridgehead atoms. The van der Waals surface area contributed by atoms with Crippen LogP contribution in [0.1, 0.15) is 52.9 Å². The number of carbonyl (C=O) groups is 2. The Bertz CT molecular complexity index is 319. The average molecular weight is 255 g/mol. The summed E-state index contributed by atoms with van der Waals surface area (Å²) >= 11 is 0. The Morgan fingerprint density at radius 3 is 2.17 bits per heavy atom. The summed E-state index contributed by atoms with van der Waals surface area (Å²) in [5.41, 5.74) is -0.894. The molecule has 1 atom stereocenters. The standard InChI is InChI=1S/C14H25NO3/c1-5-14(6-2,13(17)18)9-12(16)15(4)10(3)11-7-8-11/h10-11H,5-9H2,1-4H3,(H,17,18). The lowest BCUT2D eigenvalue weighted by atomic mass is 9.79. The highest BCUT2D eigenvalue weighted by Gasteiger charge is 2.40. The summed E-state index contributed by atoms with van der Waals surface area (Å²) in [4.78, 5) is 25.3. The summed E-state index contributed by atoms with van der Waals surface area (Å²) in [6.45, 7) is 5.74. The molecule has 1 fully saturated rings. The van der Waals surface area contributed by atoms with Crippen LogP contribution in [0.4, 0.5) is 0 Å². The van der Waals surface area contributed by atoms with Crippen molar-refractivity contribution < 1.29 is 14.7 Å². The van der Waals surface area contributed by atoms with Gasteiger partial charge in [0.15, 0.2) is 0 Å². The van der Waals surface area contributed by atoms with Gasteiger partial charge in [0, 0.05) is 19.5 Å². The molecular formula is C14H25NO3. The molecule has 0 saturated heterocycles. The molecule has 18 heavy (non-hydrogen) atoms. The number of rotatable bonds is 7. The molecule has 104 valence electrons. The molecule has 0 aliphatic heterocycles.